The normalized spacial score (nSPS) is 16.2. The first-order chi connectivity index (χ1) is 17.8. The van der Waals surface area contributed by atoms with Crippen LogP contribution in [0.15, 0.2) is 36.4 Å². The predicted octanol–water partition coefficient (Wildman–Crippen LogP) is 3.60. The molecule has 1 aliphatic carbocycles. The number of ether oxygens (including phenoxy) is 3. The lowest BCUT2D eigenvalue weighted by Crippen LogP contribution is -2.39. The number of hydrogen-bond acceptors (Lipinski definition) is 9. The standard InChI is InChI=1S/C26H34N4O6S/c1-17(25(31)18-10-6-5-7-11-18)37(32,33)16-22-28-29-26(19-12-8-15-23(27-19)36-4)30(22)24-20(34-2)13-9-14-21(24)35-3/h8-9,12-15,17-18,25,31H,5-7,10-11,16H2,1-4H3/t17-,25+/m1/s1. The molecule has 2 atom stereocenters. The number of methoxy groups -OCH3 is 3. The number of benzene rings is 1. The Morgan fingerprint density at radius 2 is 1.62 bits per heavy atom. The van der Waals surface area contributed by atoms with Gasteiger partial charge in [0.15, 0.2) is 21.5 Å². The quantitative estimate of drug-likeness (QED) is 0.418. The summed E-state index contributed by atoms with van der Waals surface area (Å²) in [5.74, 6) is 1.25. The van der Waals surface area contributed by atoms with Crippen molar-refractivity contribution in [2.45, 2.75) is 56.1 Å². The largest absolute Gasteiger partial charge is 0.494 e. The molecule has 200 valence electrons. The highest BCUT2D eigenvalue weighted by molar-refractivity contribution is 7.91. The van der Waals surface area contributed by atoms with Crippen molar-refractivity contribution < 1.29 is 27.7 Å². The molecule has 0 spiro atoms. The van der Waals surface area contributed by atoms with Gasteiger partial charge < -0.3 is 19.3 Å². The summed E-state index contributed by atoms with van der Waals surface area (Å²) < 4.78 is 45.2. The first-order valence-corrected chi connectivity index (χ1v) is 14.1. The number of rotatable bonds is 10. The molecule has 1 N–H and O–H groups in total. The Morgan fingerprint density at radius 3 is 2.24 bits per heavy atom. The van der Waals surface area contributed by atoms with Crippen molar-refractivity contribution in [3.63, 3.8) is 0 Å². The van der Waals surface area contributed by atoms with E-state index in [2.05, 4.69) is 15.2 Å². The number of nitrogens with zero attached hydrogens (tertiary/aromatic N) is 4. The van der Waals surface area contributed by atoms with E-state index in [0.29, 0.717) is 34.6 Å². The molecule has 1 aliphatic rings. The minimum Gasteiger partial charge on any atom is -0.494 e. The molecule has 1 aromatic carbocycles. The van der Waals surface area contributed by atoms with Crippen LogP contribution in [0.4, 0.5) is 0 Å². The van der Waals surface area contributed by atoms with Crippen LogP contribution in [0, 0.1) is 5.92 Å². The van der Waals surface area contributed by atoms with Crippen molar-refractivity contribution in [2.24, 2.45) is 5.92 Å². The van der Waals surface area contributed by atoms with Gasteiger partial charge in [-0.05, 0) is 43.9 Å². The van der Waals surface area contributed by atoms with Gasteiger partial charge in [-0.25, -0.2) is 13.4 Å². The van der Waals surface area contributed by atoms with Gasteiger partial charge in [-0.3, -0.25) is 4.57 Å². The average Bonchev–Trinajstić information content (AvgIpc) is 3.34. The summed E-state index contributed by atoms with van der Waals surface area (Å²) in [5, 5.41) is 18.6. The molecule has 1 fully saturated rings. The highest BCUT2D eigenvalue weighted by Crippen LogP contribution is 2.37. The van der Waals surface area contributed by atoms with Crippen molar-refractivity contribution >= 4 is 9.84 Å². The molecule has 11 heteroatoms. The summed E-state index contributed by atoms with van der Waals surface area (Å²) in [7, 11) is 0.736. The zero-order valence-corrected chi connectivity index (χ0v) is 22.4. The van der Waals surface area contributed by atoms with Gasteiger partial charge in [-0.2, -0.15) is 0 Å². The third-order valence-electron chi connectivity index (χ3n) is 7.03. The number of aromatic nitrogens is 4. The molecule has 37 heavy (non-hydrogen) atoms. The van der Waals surface area contributed by atoms with Crippen molar-refractivity contribution in [1.82, 2.24) is 19.7 Å². The lowest BCUT2D eigenvalue weighted by Gasteiger charge is -2.30. The Labute approximate surface area is 217 Å². The maximum Gasteiger partial charge on any atom is 0.213 e. The fourth-order valence-electron chi connectivity index (χ4n) is 4.90. The third kappa shape index (κ3) is 5.57. The number of para-hydroxylation sites is 1. The second-order valence-corrected chi connectivity index (χ2v) is 11.6. The molecule has 0 unspecified atom stereocenters. The van der Waals surface area contributed by atoms with E-state index in [9.17, 15) is 13.5 Å². The zero-order valence-electron chi connectivity index (χ0n) is 21.6. The van der Waals surface area contributed by atoms with Crippen LogP contribution in [0.1, 0.15) is 44.9 Å². The van der Waals surface area contributed by atoms with E-state index >= 15 is 0 Å². The highest BCUT2D eigenvalue weighted by atomic mass is 32.2. The van der Waals surface area contributed by atoms with Gasteiger partial charge in [-0.1, -0.05) is 31.4 Å². The second-order valence-electron chi connectivity index (χ2n) is 9.25. The van der Waals surface area contributed by atoms with Gasteiger partial charge >= 0.3 is 0 Å². The van der Waals surface area contributed by atoms with Crippen molar-refractivity contribution in [2.75, 3.05) is 21.3 Å². The Bertz CT molecular complexity index is 1300. The smallest absolute Gasteiger partial charge is 0.213 e. The second kappa shape index (κ2) is 11.5. The first-order valence-electron chi connectivity index (χ1n) is 12.4. The van der Waals surface area contributed by atoms with E-state index in [1.54, 1.807) is 47.9 Å². The molecule has 1 saturated carbocycles. The Balaban J connectivity index is 1.81. The number of aliphatic hydroxyl groups excluding tert-OH is 1. The van der Waals surface area contributed by atoms with E-state index in [1.165, 1.54) is 21.3 Å². The van der Waals surface area contributed by atoms with Crippen molar-refractivity contribution in [3.8, 4) is 34.6 Å². The average molecular weight is 531 g/mol. The van der Waals surface area contributed by atoms with Crippen LogP contribution in [-0.4, -0.2) is 66.0 Å². The number of pyridine rings is 1. The molecular formula is C26H34N4O6S. The molecular weight excluding hydrogens is 496 g/mol. The van der Waals surface area contributed by atoms with Crippen LogP contribution >= 0.6 is 0 Å². The van der Waals surface area contributed by atoms with Gasteiger partial charge in [0.05, 0.1) is 32.7 Å². The molecule has 10 nitrogen and oxygen atoms in total. The maximum atomic E-state index is 13.6. The fraction of sp³-hybridized carbons (Fsp3) is 0.500. The number of sulfone groups is 1. The van der Waals surface area contributed by atoms with Gasteiger partial charge in [0, 0.05) is 6.07 Å². The summed E-state index contributed by atoms with van der Waals surface area (Å²) >= 11 is 0. The van der Waals surface area contributed by atoms with Gasteiger partial charge in [0.1, 0.15) is 28.6 Å². The van der Waals surface area contributed by atoms with Crippen LogP contribution in [0.2, 0.25) is 0 Å². The van der Waals surface area contributed by atoms with Crippen LogP contribution in [0.25, 0.3) is 17.2 Å². The molecule has 0 saturated heterocycles. The highest BCUT2D eigenvalue weighted by Gasteiger charge is 2.36. The molecule has 0 aliphatic heterocycles. The topological polar surface area (TPSA) is 126 Å². The van der Waals surface area contributed by atoms with Crippen molar-refractivity contribution in [3.05, 3.63) is 42.2 Å². The first kappa shape index (κ1) is 26.9. The van der Waals surface area contributed by atoms with Gasteiger partial charge in [0.25, 0.3) is 0 Å². The fourth-order valence-corrected chi connectivity index (χ4v) is 6.36. The van der Waals surface area contributed by atoms with Gasteiger partial charge in [-0.15, -0.1) is 10.2 Å². The Morgan fingerprint density at radius 1 is 0.973 bits per heavy atom. The number of hydrogen-bond donors (Lipinski definition) is 1. The van der Waals surface area contributed by atoms with Crippen LogP contribution in [0.5, 0.6) is 17.4 Å². The lowest BCUT2D eigenvalue weighted by atomic mass is 9.84. The zero-order chi connectivity index (χ0) is 26.6. The minimum atomic E-state index is -3.81. The van der Waals surface area contributed by atoms with E-state index in [-0.39, 0.29) is 11.7 Å². The van der Waals surface area contributed by atoms with Crippen LogP contribution in [0.3, 0.4) is 0 Å². The summed E-state index contributed by atoms with van der Waals surface area (Å²) in [5.41, 5.74) is 0.876. The number of aliphatic hydroxyl groups is 1. The predicted molar refractivity (Wildman–Crippen MR) is 139 cm³/mol. The molecule has 3 aromatic rings. The van der Waals surface area contributed by atoms with Crippen LogP contribution in [-0.2, 0) is 15.6 Å². The monoisotopic (exact) mass is 530 g/mol. The van der Waals surface area contributed by atoms with E-state index in [1.807, 2.05) is 0 Å². The SMILES string of the molecule is COc1cccc(-c2nnc(CS(=O)(=O)[C@H](C)[C@H](O)C3CCCCC3)n2-c2c(OC)cccc2OC)n1. The van der Waals surface area contributed by atoms with E-state index in [0.717, 1.165) is 32.1 Å². The summed E-state index contributed by atoms with van der Waals surface area (Å²) in [6, 6.07) is 10.5. The molecule has 2 aromatic heterocycles. The van der Waals surface area contributed by atoms with Crippen LogP contribution < -0.4 is 14.2 Å². The van der Waals surface area contributed by atoms with E-state index < -0.39 is 26.9 Å². The molecule has 2 heterocycles. The van der Waals surface area contributed by atoms with E-state index in [4.69, 9.17) is 14.2 Å². The summed E-state index contributed by atoms with van der Waals surface area (Å²) in [6.45, 7) is 1.57. The molecule has 0 radical (unpaired) electrons. The summed E-state index contributed by atoms with van der Waals surface area (Å²) in [4.78, 5) is 4.48. The third-order valence-corrected chi connectivity index (χ3v) is 9.10. The molecule has 0 amide bonds. The Hall–Kier alpha value is -3.18. The van der Waals surface area contributed by atoms with Gasteiger partial charge in [0.2, 0.25) is 5.88 Å². The lowest BCUT2D eigenvalue weighted by molar-refractivity contribution is 0.0839. The molecule has 4 rings (SSSR count). The Kier molecular flexibility index (Phi) is 8.33. The minimum absolute atomic E-state index is 0.0257. The summed E-state index contributed by atoms with van der Waals surface area (Å²) in [6.07, 6.45) is 3.86. The van der Waals surface area contributed by atoms with Crippen molar-refractivity contribution in [1.29, 1.82) is 0 Å². The maximum absolute atomic E-state index is 13.6. The molecule has 0 bridgehead atoms.